The Kier molecular flexibility index (Phi) is 5.06. The number of thioether (sulfide) groups is 1. The number of benzene rings is 1. The summed E-state index contributed by atoms with van der Waals surface area (Å²) in [5.74, 6) is -0.164. The number of amides is 2. The lowest BCUT2D eigenvalue weighted by Gasteiger charge is -2.35. The fraction of sp³-hybridized carbons (Fsp3) is 0.429. The van der Waals surface area contributed by atoms with Gasteiger partial charge in [0, 0.05) is 31.6 Å². The van der Waals surface area contributed by atoms with Gasteiger partial charge >= 0.3 is 12.0 Å². The number of aliphatic carboxylic acids is 1. The largest absolute Gasteiger partial charge is 0.480 e. The van der Waals surface area contributed by atoms with E-state index in [9.17, 15) is 19.1 Å². The van der Waals surface area contributed by atoms with Crippen LogP contribution in [0.2, 0.25) is 0 Å². The van der Waals surface area contributed by atoms with Gasteiger partial charge in [0.2, 0.25) is 0 Å². The van der Waals surface area contributed by atoms with E-state index in [-0.39, 0.29) is 11.8 Å². The average Bonchev–Trinajstić information content (AvgIpc) is 2.48. The van der Waals surface area contributed by atoms with E-state index in [4.69, 9.17) is 0 Å². The Morgan fingerprint density at radius 1 is 1.43 bits per heavy atom. The van der Waals surface area contributed by atoms with Crippen molar-refractivity contribution in [2.24, 2.45) is 0 Å². The maximum atomic E-state index is 12.9. The highest BCUT2D eigenvalue weighted by atomic mass is 32.2. The van der Waals surface area contributed by atoms with Gasteiger partial charge in [0.1, 0.15) is 11.9 Å². The molecule has 0 saturated carbocycles. The van der Waals surface area contributed by atoms with E-state index >= 15 is 0 Å². The number of carbonyl (C=O) groups is 2. The van der Waals surface area contributed by atoms with Gasteiger partial charge in [-0.1, -0.05) is 12.1 Å². The lowest BCUT2D eigenvalue weighted by molar-refractivity contribution is -0.141. The van der Waals surface area contributed by atoms with E-state index in [1.807, 2.05) is 0 Å². The van der Waals surface area contributed by atoms with Gasteiger partial charge in [0.05, 0.1) is 0 Å². The molecule has 1 atom stereocenters. The first-order valence-corrected chi connectivity index (χ1v) is 7.71. The highest BCUT2D eigenvalue weighted by Gasteiger charge is 2.33. The molecule has 1 fully saturated rings. The number of nitrogens with zero attached hydrogens (tertiary/aromatic N) is 2. The fourth-order valence-electron chi connectivity index (χ4n) is 2.19. The lowest BCUT2D eigenvalue weighted by atomic mass is 10.2. The number of rotatable bonds is 3. The Bertz CT molecular complexity index is 523. The summed E-state index contributed by atoms with van der Waals surface area (Å²) in [6.45, 7) is 0.739. The number of hydrogen-bond donors (Lipinski definition) is 1. The van der Waals surface area contributed by atoms with Gasteiger partial charge in [-0.15, -0.1) is 0 Å². The molecule has 21 heavy (non-hydrogen) atoms. The number of urea groups is 1. The Hall–Kier alpha value is -1.76. The van der Waals surface area contributed by atoms with Crippen molar-refractivity contribution in [1.82, 2.24) is 9.80 Å². The van der Waals surface area contributed by atoms with Crippen LogP contribution in [0.4, 0.5) is 9.18 Å². The third kappa shape index (κ3) is 3.87. The number of halogens is 1. The van der Waals surface area contributed by atoms with Gasteiger partial charge in [0.25, 0.3) is 0 Å². The molecule has 1 heterocycles. The van der Waals surface area contributed by atoms with Crippen LogP contribution in [0.25, 0.3) is 0 Å². The SMILES string of the molecule is CN(Cc1ccc(F)cc1)C(=O)N1CCSCC1C(=O)O. The molecule has 1 unspecified atom stereocenters. The van der Waals surface area contributed by atoms with Crippen LogP contribution in [0.1, 0.15) is 5.56 Å². The monoisotopic (exact) mass is 312 g/mol. The van der Waals surface area contributed by atoms with Crippen molar-refractivity contribution in [2.75, 3.05) is 25.1 Å². The molecule has 1 aromatic rings. The van der Waals surface area contributed by atoms with Gasteiger partial charge in [-0.05, 0) is 17.7 Å². The van der Waals surface area contributed by atoms with Gasteiger partial charge in [-0.2, -0.15) is 11.8 Å². The van der Waals surface area contributed by atoms with Crippen molar-refractivity contribution >= 4 is 23.8 Å². The van der Waals surface area contributed by atoms with Gasteiger partial charge in [-0.3, -0.25) is 0 Å². The predicted octanol–water partition coefficient (Wildman–Crippen LogP) is 1.88. The molecule has 1 aliphatic rings. The van der Waals surface area contributed by atoms with Gasteiger partial charge in [-0.25, -0.2) is 14.0 Å². The molecule has 0 spiro atoms. The molecule has 0 aromatic heterocycles. The van der Waals surface area contributed by atoms with E-state index in [1.54, 1.807) is 19.2 Å². The molecule has 114 valence electrons. The number of carboxylic acid groups (broad SMARTS) is 1. The van der Waals surface area contributed by atoms with Gasteiger partial charge in [0.15, 0.2) is 0 Å². The van der Waals surface area contributed by atoms with Crippen LogP contribution in [0, 0.1) is 5.82 Å². The minimum atomic E-state index is -0.981. The van der Waals surface area contributed by atoms with Gasteiger partial charge < -0.3 is 14.9 Å². The molecule has 1 saturated heterocycles. The Balaban J connectivity index is 2.03. The van der Waals surface area contributed by atoms with Crippen LogP contribution in [-0.2, 0) is 11.3 Å². The van der Waals surface area contributed by atoms with E-state index in [2.05, 4.69) is 0 Å². The van der Waals surface area contributed by atoms with E-state index in [1.165, 1.54) is 33.7 Å². The van der Waals surface area contributed by atoms with Crippen LogP contribution in [0.15, 0.2) is 24.3 Å². The van der Waals surface area contributed by atoms with Crippen molar-refractivity contribution in [2.45, 2.75) is 12.6 Å². The molecule has 0 aliphatic carbocycles. The van der Waals surface area contributed by atoms with E-state index in [0.29, 0.717) is 18.8 Å². The van der Waals surface area contributed by atoms with Crippen molar-refractivity contribution in [1.29, 1.82) is 0 Å². The fourth-order valence-corrected chi connectivity index (χ4v) is 3.23. The molecule has 1 aromatic carbocycles. The second-order valence-corrected chi connectivity index (χ2v) is 6.04. The topological polar surface area (TPSA) is 60.9 Å². The third-order valence-corrected chi connectivity index (χ3v) is 4.34. The van der Waals surface area contributed by atoms with Crippen LogP contribution in [-0.4, -0.2) is 58.0 Å². The van der Waals surface area contributed by atoms with E-state index in [0.717, 1.165) is 11.3 Å². The van der Waals surface area contributed by atoms with Crippen molar-refractivity contribution in [3.63, 3.8) is 0 Å². The normalized spacial score (nSPS) is 18.4. The Labute approximate surface area is 126 Å². The molecule has 2 rings (SSSR count). The highest BCUT2D eigenvalue weighted by molar-refractivity contribution is 7.99. The Morgan fingerprint density at radius 3 is 2.71 bits per heavy atom. The average molecular weight is 312 g/mol. The molecule has 1 N–H and O–H groups in total. The maximum absolute atomic E-state index is 12.9. The van der Waals surface area contributed by atoms with E-state index < -0.39 is 12.0 Å². The first kappa shape index (κ1) is 15.6. The summed E-state index contributed by atoms with van der Waals surface area (Å²) >= 11 is 1.53. The molecule has 0 radical (unpaired) electrons. The smallest absolute Gasteiger partial charge is 0.327 e. The molecule has 5 nitrogen and oxygen atoms in total. The zero-order valence-electron chi connectivity index (χ0n) is 11.7. The summed E-state index contributed by atoms with van der Waals surface area (Å²) in [5.41, 5.74) is 0.797. The molecule has 2 amide bonds. The van der Waals surface area contributed by atoms with Crippen molar-refractivity contribution < 1.29 is 19.1 Å². The molecule has 1 aliphatic heterocycles. The summed E-state index contributed by atoms with van der Waals surface area (Å²) in [6.07, 6.45) is 0. The molecular formula is C14H17FN2O3S. The predicted molar refractivity (Wildman–Crippen MR) is 78.7 cm³/mol. The quantitative estimate of drug-likeness (QED) is 0.926. The maximum Gasteiger partial charge on any atom is 0.327 e. The minimum absolute atomic E-state index is 0.313. The second kappa shape index (κ2) is 6.80. The van der Waals surface area contributed by atoms with Crippen molar-refractivity contribution in [3.05, 3.63) is 35.6 Å². The number of carbonyl (C=O) groups excluding carboxylic acids is 1. The molecular weight excluding hydrogens is 295 g/mol. The van der Waals surface area contributed by atoms with Crippen LogP contribution in [0.3, 0.4) is 0 Å². The lowest BCUT2D eigenvalue weighted by Crippen LogP contribution is -2.53. The first-order valence-electron chi connectivity index (χ1n) is 6.56. The van der Waals surface area contributed by atoms with Crippen LogP contribution < -0.4 is 0 Å². The minimum Gasteiger partial charge on any atom is -0.480 e. The molecule has 7 heteroatoms. The summed E-state index contributed by atoms with van der Waals surface area (Å²) in [5, 5.41) is 9.19. The summed E-state index contributed by atoms with van der Waals surface area (Å²) in [7, 11) is 1.62. The summed E-state index contributed by atoms with van der Waals surface area (Å²) < 4.78 is 12.9. The number of hydrogen-bond acceptors (Lipinski definition) is 3. The standard InChI is InChI=1S/C14H17FN2O3S/c1-16(8-10-2-4-11(15)5-3-10)14(20)17-6-7-21-9-12(17)13(18)19/h2-5,12H,6-9H2,1H3,(H,18,19). The third-order valence-electron chi connectivity index (χ3n) is 3.32. The number of carboxylic acids is 1. The first-order chi connectivity index (χ1) is 9.99. The zero-order valence-corrected chi connectivity index (χ0v) is 12.5. The summed E-state index contributed by atoms with van der Waals surface area (Å²) in [4.78, 5) is 26.5. The molecule has 0 bridgehead atoms. The van der Waals surface area contributed by atoms with Crippen LogP contribution >= 0.6 is 11.8 Å². The summed E-state index contributed by atoms with van der Waals surface area (Å²) in [6, 6.07) is 4.80. The van der Waals surface area contributed by atoms with Crippen LogP contribution in [0.5, 0.6) is 0 Å². The van der Waals surface area contributed by atoms with Crippen molar-refractivity contribution in [3.8, 4) is 0 Å². The second-order valence-electron chi connectivity index (χ2n) is 4.89. The zero-order chi connectivity index (χ0) is 15.4. The Morgan fingerprint density at radius 2 is 2.10 bits per heavy atom. The highest BCUT2D eigenvalue weighted by Crippen LogP contribution is 2.19.